The van der Waals surface area contributed by atoms with Crippen LogP contribution in [0.5, 0.6) is 0 Å². The maximum Gasteiger partial charge on any atom is 0.185 e. The molecule has 12 rings (SSSR count). The summed E-state index contributed by atoms with van der Waals surface area (Å²) in [7, 11) is -2.91. The zero-order chi connectivity index (χ0) is 37.5. The van der Waals surface area contributed by atoms with Gasteiger partial charge in [0.05, 0.1) is 28.1 Å². The smallest absolute Gasteiger partial charge is 0.185 e. The number of rotatable bonds is 5. The average molecular weight is 744 g/mol. The van der Waals surface area contributed by atoms with E-state index in [1.165, 1.54) is 31.7 Å². The van der Waals surface area contributed by atoms with Crippen LogP contribution in [-0.2, 0) is 0 Å². The molecular weight excluding hydrogens is 711 g/mol. The molecule has 0 aliphatic carbocycles. The molecule has 11 aromatic rings. The highest BCUT2D eigenvalue weighted by Crippen LogP contribution is 2.42. The van der Waals surface area contributed by atoms with Gasteiger partial charge >= 0.3 is 0 Å². The number of benzene rings is 8. The molecule has 5 heteroatoms. The van der Waals surface area contributed by atoms with Crippen LogP contribution in [0, 0.1) is 0 Å². The fraction of sp³-hybridized carbons (Fsp3) is 0. The van der Waals surface area contributed by atoms with E-state index < -0.39 is 8.07 Å². The molecule has 4 nitrogen and oxygen atoms in total. The SMILES string of the molecule is c1ccc(-c2nc(-c3ccccc3-n3c4ccccc4c4ccc5c6ccccc6oc5c43)nc3c2[Si](c2ccccc2)(c2ccccc2)c2ccccc2-3)cc1. The van der Waals surface area contributed by atoms with E-state index in [0.29, 0.717) is 5.82 Å². The van der Waals surface area contributed by atoms with Crippen molar-refractivity contribution in [2.24, 2.45) is 0 Å². The number of hydrogen-bond acceptors (Lipinski definition) is 3. The van der Waals surface area contributed by atoms with Gasteiger partial charge in [0, 0.05) is 43.4 Å². The van der Waals surface area contributed by atoms with E-state index in [1.54, 1.807) is 0 Å². The van der Waals surface area contributed by atoms with Crippen LogP contribution < -0.4 is 20.7 Å². The minimum atomic E-state index is -2.91. The number of fused-ring (bicyclic) bond motifs is 10. The molecule has 0 saturated heterocycles. The van der Waals surface area contributed by atoms with Gasteiger partial charge in [-0.05, 0) is 45.9 Å². The Balaban J connectivity index is 1.21. The summed E-state index contributed by atoms with van der Waals surface area (Å²) in [4.78, 5) is 11.4. The van der Waals surface area contributed by atoms with Crippen LogP contribution >= 0.6 is 0 Å². The first kappa shape index (κ1) is 32.0. The minimum absolute atomic E-state index is 0.687. The normalized spacial score (nSPS) is 13.1. The molecule has 0 unspecified atom stereocenters. The molecule has 0 bridgehead atoms. The summed E-state index contributed by atoms with van der Waals surface area (Å²) in [5.74, 6) is 0.687. The lowest BCUT2D eigenvalue weighted by molar-refractivity contribution is 0.671. The van der Waals surface area contributed by atoms with Gasteiger partial charge in [0.2, 0.25) is 0 Å². The number of nitrogens with zero attached hydrogens (tertiary/aromatic N) is 3. The molecule has 1 aliphatic heterocycles. The van der Waals surface area contributed by atoms with E-state index in [-0.39, 0.29) is 0 Å². The van der Waals surface area contributed by atoms with E-state index in [1.807, 2.05) is 6.07 Å². The molecule has 4 heterocycles. The average Bonchev–Trinajstić information content (AvgIpc) is 3.94. The van der Waals surface area contributed by atoms with Crippen molar-refractivity contribution in [3.05, 3.63) is 200 Å². The fourth-order valence-corrected chi connectivity index (χ4v) is 14.8. The van der Waals surface area contributed by atoms with Crippen LogP contribution in [0.2, 0.25) is 0 Å². The Morgan fingerprint density at radius 2 is 1.02 bits per heavy atom. The Labute approximate surface area is 330 Å². The lowest BCUT2D eigenvalue weighted by Crippen LogP contribution is -2.73. The van der Waals surface area contributed by atoms with Crippen molar-refractivity contribution in [3.63, 3.8) is 0 Å². The molecule has 1 aliphatic rings. The number of hydrogen-bond donors (Lipinski definition) is 0. The maximum atomic E-state index is 6.74. The van der Waals surface area contributed by atoms with Crippen LogP contribution in [0.15, 0.2) is 205 Å². The topological polar surface area (TPSA) is 43.9 Å². The van der Waals surface area contributed by atoms with E-state index in [4.69, 9.17) is 14.4 Å². The van der Waals surface area contributed by atoms with Crippen molar-refractivity contribution in [2.75, 3.05) is 0 Å². The monoisotopic (exact) mass is 743 g/mol. The van der Waals surface area contributed by atoms with Crippen LogP contribution in [0.3, 0.4) is 0 Å². The van der Waals surface area contributed by atoms with Crippen molar-refractivity contribution in [1.29, 1.82) is 0 Å². The van der Waals surface area contributed by atoms with Crippen LogP contribution in [0.1, 0.15) is 0 Å². The molecule has 0 fully saturated rings. The second kappa shape index (κ2) is 12.3. The van der Waals surface area contributed by atoms with E-state index >= 15 is 0 Å². The summed E-state index contributed by atoms with van der Waals surface area (Å²) >= 11 is 0. The summed E-state index contributed by atoms with van der Waals surface area (Å²) < 4.78 is 9.10. The highest BCUT2D eigenvalue weighted by Gasteiger charge is 2.51. The molecule has 8 aromatic carbocycles. The lowest BCUT2D eigenvalue weighted by atomic mass is 10.1. The Hall–Kier alpha value is -7.34. The molecule has 0 radical (unpaired) electrons. The molecule has 3 aromatic heterocycles. The van der Waals surface area contributed by atoms with Crippen molar-refractivity contribution in [3.8, 4) is 39.6 Å². The van der Waals surface area contributed by atoms with Crippen LogP contribution in [0.25, 0.3) is 83.3 Å². The molecule has 0 atom stereocenters. The van der Waals surface area contributed by atoms with Crippen molar-refractivity contribution < 1.29 is 4.42 Å². The molecule has 0 saturated carbocycles. The van der Waals surface area contributed by atoms with Crippen LogP contribution in [-0.4, -0.2) is 22.6 Å². The Kier molecular flexibility index (Phi) is 6.91. The predicted octanol–water partition coefficient (Wildman–Crippen LogP) is 10.2. The third kappa shape index (κ3) is 4.49. The van der Waals surface area contributed by atoms with Gasteiger partial charge in [-0.15, -0.1) is 0 Å². The summed E-state index contributed by atoms with van der Waals surface area (Å²) in [5, 5.41) is 9.71. The molecule has 57 heavy (non-hydrogen) atoms. The number of aromatic nitrogens is 3. The second-order valence-corrected chi connectivity index (χ2v) is 18.5. The molecule has 266 valence electrons. The second-order valence-electron chi connectivity index (χ2n) is 14.8. The molecule has 0 amide bonds. The Morgan fingerprint density at radius 3 is 1.79 bits per heavy atom. The van der Waals surface area contributed by atoms with Gasteiger partial charge in [-0.25, -0.2) is 9.97 Å². The lowest BCUT2D eigenvalue weighted by Gasteiger charge is -2.32. The number of furan rings is 1. The molecule has 0 spiro atoms. The minimum Gasteiger partial charge on any atom is -0.454 e. The Bertz CT molecular complexity index is 3310. The zero-order valence-corrected chi connectivity index (χ0v) is 31.8. The standard InChI is InChI=1S/C52H33N3OSi/c1-4-18-34(19-5-1)47-51-48(42-27-13-17-31-46(42)57(51,35-20-6-2-7-21-35)36-22-8-3-9-23-36)54-52(53-47)41-26-11-15-29-44(41)55-43-28-14-10-24-37(43)39-32-33-40-38-25-12-16-30-45(38)56-50(40)49(39)55/h1-33H. The van der Waals surface area contributed by atoms with Gasteiger partial charge in [-0.1, -0.05) is 170 Å². The first-order valence-corrected chi connectivity index (χ1v) is 21.4. The van der Waals surface area contributed by atoms with Crippen LogP contribution in [0.4, 0.5) is 0 Å². The summed E-state index contributed by atoms with van der Waals surface area (Å²) in [5.41, 5.74) is 10.1. The summed E-state index contributed by atoms with van der Waals surface area (Å²) in [6, 6.07) is 71.8. The van der Waals surface area contributed by atoms with E-state index in [0.717, 1.165) is 66.6 Å². The van der Waals surface area contributed by atoms with Gasteiger partial charge in [-0.3, -0.25) is 0 Å². The quantitative estimate of drug-likeness (QED) is 0.165. The van der Waals surface area contributed by atoms with Gasteiger partial charge in [-0.2, -0.15) is 0 Å². The highest BCUT2D eigenvalue weighted by atomic mass is 28.3. The third-order valence-electron chi connectivity index (χ3n) is 11.9. The molecular formula is C52H33N3OSi. The predicted molar refractivity (Wildman–Crippen MR) is 237 cm³/mol. The fourth-order valence-electron chi connectivity index (χ4n) is 9.57. The van der Waals surface area contributed by atoms with Gasteiger partial charge < -0.3 is 8.98 Å². The first-order chi connectivity index (χ1) is 28.3. The molecule has 0 N–H and O–H groups in total. The number of para-hydroxylation sites is 3. The van der Waals surface area contributed by atoms with Crippen molar-refractivity contribution >= 4 is 72.6 Å². The van der Waals surface area contributed by atoms with E-state index in [2.05, 4.69) is 199 Å². The van der Waals surface area contributed by atoms with Gasteiger partial charge in [0.1, 0.15) is 5.58 Å². The summed E-state index contributed by atoms with van der Waals surface area (Å²) in [6.45, 7) is 0. The Morgan fingerprint density at radius 1 is 0.439 bits per heavy atom. The third-order valence-corrected chi connectivity index (χ3v) is 16.8. The maximum absolute atomic E-state index is 6.74. The largest absolute Gasteiger partial charge is 0.454 e. The highest BCUT2D eigenvalue weighted by molar-refractivity contribution is 7.22. The summed E-state index contributed by atoms with van der Waals surface area (Å²) in [6.07, 6.45) is 0. The first-order valence-electron chi connectivity index (χ1n) is 19.4. The zero-order valence-electron chi connectivity index (χ0n) is 30.8. The van der Waals surface area contributed by atoms with Crippen molar-refractivity contribution in [2.45, 2.75) is 0 Å². The van der Waals surface area contributed by atoms with E-state index in [9.17, 15) is 0 Å². The van der Waals surface area contributed by atoms with Crippen molar-refractivity contribution in [1.82, 2.24) is 14.5 Å². The van der Waals surface area contributed by atoms with Gasteiger partial charge in [0.25, 0.3) is 0 Å². The van der Waals surface area contributed by atoms with Gasteiger partial charge in [0.15, 0.2) is 19.5 Å².